The van der Waals surface area contributed by atoms with Crippen molar-refractivity contribution in [3.05, 3.63) is 5.82 Å². The Morgan fingerprint density at radius 3 is 2.89 bits per heavy atom. The molecule has 0 aromatic carbocycles. The van der Waals surface area contributed by atoms with E-state index in [0.717, 1.165) is 19.4 Å². The number of hydrogen-bond donors (Lipinski definition) is 1. The lowest BCUT2D eigenvalue weighted by molar-refractivity contribution is -0.131. The van der Waals surface area contributed by atoms with Crippen molar-refractivity contribution in [2.45, 2.75) is 39.3 Å². The van der Waals surface area contributed by atoms with Crippen LogP contribution in [0, 0.1) is 12.8 Å². The number of carbonyl (C=O) groups excluding carboxylic acids is 1. The van der Waals surface area contributed by atoms with E-state index < -0.39 is 0 Å². The minimum atomic E-state index is 0.0412. The molecule has 1 aliphatic rings. The lowest BCUT2D eigenvalue weighted by Crippen LogP contribution is -2.34. The van der Waals surface area contributed by atoms with Crippen molar-refractivity contribution in [1.82, 2.24) is 25.1 Å². The Morgan fingerprint density at radius 1 is 1.50 bits per heavy atom. The smallest absolute Gasteiger partial charge is 0.244 e. The van der Waals surface area contributed by atoms with Gasteiger partial charge in [0.2, 0.25) is 5.91 Å². The highest BCUT2D eigenvalue weighted by molar-refractivity contribution is 5.76. The normalized spacial score (nSPS) is 23.6. The second kappa shape index (κ2) is 5.43. The summed E-state index contributed by atoms with van der Waals surface area (Å²) in [7, 11) is 0. The van der Waals surface area contributed by atoms with Crippen molar-refractivity contribution in [1.29, 1.82) is 0 Å². The Bertz CT molecular complexity index is 417. The fourth-order valence-corrected chi connectivity index (χ4v) is 2.40. The van der Waals surface area contributed by atoms with Crippen LogP contribution >= 0.6 is 0 Å². The van der Waals surface area contributed by atoms with E-state index in [2.05, 4.69) is 22.4 Å². The van der Waals surface area contributed by atoms with Gasteiger partial charge >= 0.3 is 0 Å². The fourth-order valence-electron chi connectivity index (χ4n) is 2.40. The van der Waals surface area contributed by atoms with Crippen LogP contribution in [0.25, 0.3) is 0 Å². The van der Waals surface area contributed by atoms with Crippen LogP contribution < -0.4 is 5.73 Å². The van der Waals surface area contributed by atoms with Gasteiger partial charge in [0.05, 0.1) is 0 Å². The summed E-state index contributed by atoms with van der Waals surface area (Å²) in [6.45, 7) is 5.52. The van der Waals surface area contributed by atoms with Crippen LogP contribution in [0.4, 0.5) is 0 Å². The summed E-state index contributed by atoms with van der Waals surface area (Å²) >= 11 is 0. The first-order chi connectivity index (χ1) is 8.61. The van der Waals surface area contributed by atoms with Crippen LogP contribution in [0.3, 0.4) is 0 Å². The first kappa shape index (κ1) is 12.9. The molecule has 1 aliphatic heterocycles. The molecule has 1 amide bonds. The molecule has 2 atom stereocenters. The minimum absolute atomic E-state index is 0.0412. The maximum Gasteiger partial charge on any atom is 0.244 e. The molecule has 1 aromatic rings. The largest absolute Gasteiger partial charge is 0.339 e. The molecule has 0 saturated carbocycles. The van der Waals surface area contributed by atoms with E-state index in [1.54, 1.807) is 6.92 Å². The molecule has 18 heavy (non-hydrogen) atoms. The van der Waals surface area contributed by atoms with Crippen molar-refractivity contribution in [2.24, 2.45) is 11.7 Å². The molecule has 0 unspecified atom stereocenters. The van der Waals surface area contributed by atoms with E-state index in [0.29, 0.717) is 18.3 Å². The molecule has 1 aromatic heterocycles. The molecular formula is C11H20N6O. The topological polar surface area (TPSA) is 89.9 Å². The summed E-state index contributed by atoms with van der Waals surface area (Å²) in [6.07, 6.45) is 2.18. The van der Waals surface area contributed by atoms with Gasteiger partial charge in [-0.15, -0.1) is 5.10 Å². The molecule has 2 heterocycles. The molecule has 0 spiro atoms. The van der Waals surface area contributed by atoms with Crippen LogP contribution in [0.1, 0.15) is 25.6 Å². The number of nitrogens with zero attached hydrogens (tertiary/aromatic N) is 5. The highest BCUT2D eigenvalue weighted by Gasteiger charge is 2.32. The first-order valence-electron chi connectivity index (χ1n) is 6.38. The van der Waals surface area contributed by atoms with E-state index in [1.165, 1.54) is 4.68 Å². The highest BCUT2D eigenvalue weighted by atomic mass is 16.2. The van der Waals surface area contributed by atoms with Crippen molar-refractivity contribution in [3.63, 3.8) is 0 Å². The third-order valence-corrected chi connectivity index (χ3v) is 3.50. The third-order valence-electron chi connectivity index (χ3n) is 3.50. The van der Waals surface area contributed by atoms with Gasteiger partial charge < -0.3 is 10.6 Å². The highest BCUT2D eigenvalue weighted by Crippen LogP contribution is 2.20. The molecular weight excluding hydrogens is 232 g/mol. The van der Waals surface area contributed by atoms with E-state index in [-0.39, 0.29) is 18.5 Å². The molecule has 100 valence electrons. The molecule has 1 fully saturated rings. The zero-order chi connectivity index (χ0) is 13.1. The lowest BCUT2D eigenvalue weighted by Gasteiger charge is -2.16. The Hall–Kier alpha value is -1.50. The summed E-state index contributed by atoms with van der Waals surface area (Å²) < 4.78 is 1.51. The number of carbonyl (C=O) groups is 1. The summed E-state index contributed by atoms with van der Waals surface area (Å²) in [5, 5.41) is 11.1. The summed E-state index contributed by atoms with van der Waals surface area (Å²) in [5.41, 5.74) is 6.06. The van der Waals surface area contributed by atoms with Gasteiger partial charge in [0.1, 0.15) is 12.4 Å². The predicted molar refractivity (Wildman–Crippen MR) is 65.5 cm³/mol. The molecule has 7 heteroatoms. The van der Waals surface area contributed by atoms with Crippen LogP contribution in [0.2, 0.25) is 0 Å². The fraction of sp³-hybridized carbons (Fsp3) is 0.818. The zero-order valence-electron chi connectivity index (χ0n) is 10.9. The predicted octanol–water partition coefficient (Wildman–Crippen LogP) is -0.433. The average molecular weight is 252 g/mol. The van der Waals surface area contributed by atoms with Gasteiger partial charge in [0.25, 0.3) is 0 Å². The summed E-state index contributed by atoms with van der Waals surface area (Å²) in [4.78, 5) is 13.9. The second-order valence-corrected chi connectivity index (χ2v) is 4.90. The molecule has 2 N–H and O–H groups in total. The standard InChI is InChI=1S/C11H20N6O/c1-3-4-9-5-16(6-10(9)12)11(18)7-17-8(2)13-14-15-17/h9-10H,3-7,12H2,1-2H3/t9-,10-/m1/s1. The van der Waals surface area contributed by atoms with Crippen molar-refractivity contribution in [2.75, 3.05) is 13.1 Å². The number of amides is 1. The quantitative estimate of drug-likeness (QED) is 0.785. The number of aromatic nitrogens is 4. The number of hydrogen-bond acceptors (Lipinski definition) is 5. The van der Waals surface area contributed by atoms with E-state index in [1.807, 2.05) is 4.90 Å². The van der Waals surface area contributed by atoms with Gasteiger partial charge in [0.15, 0.2) is 0 Å². The zero-order valence-corrected chi connectivity index (χ0v) is 10.9. The first-order valence-corrected chi connectivity index (χ1v) is 6.38. The molecule has 0 aliphatic carbocycles. The Labute approximate surface area is 106 Å². The average Bonchev–Trinajstić information content (AvgIpc) is 2.88. The lowest BCUT2D eigenvalue weighted by atomic mass is 9.99. The van der Waals surface area contributed by atoms with Crippen molar-refractivity contribution < 1.29 is 4.79 Å². The number of nitrogens with two attached hydrogens (primary N) is 1. The number of aryl methyl sites for hydroxylation is 1. The van der Waals surface area contributed by atoms with Crippen LogP contribution in [0.15, 0.2) is 0 Å². The van der Waals surface area contributed by atoms with Gasteiger partial charge in [-0.05, 0) is 29.7 Å². The van der Waals surface area contributed by atoms with Crippen LogP contribution in [-0.2, 0) is 11.3 Å². The van der Waals surface area contributed by atoms with Gasteiger partial charge in [-0.25, -0.2) is 4.68 Å². The SMILES string of the molecule is CCC[C@@H]1CN(C(=O)Cn2nnnc2C)C[C@H]1N. The Kier molecular flexibility index (Phi) is 3.90. The van der Waals surface area contributed by atoms with E-state index >= 15 is 0 Å². The number of rotatable bonds is 4. The Balaban J connectivity index is 1.93. The molecule has 0 radical (unpaired) electrons. The minimum Gasteiger partial charge on any atom is -0.339 e. The van der Waals surface area contributed by atoms with Crippen LogP contribution in [0.5, 0.6) is 0 Å². The third kappa shape index (κ3) is 2.66. The maximum absolute atomic E-state index is 12.1. The summed E-state index contributed by atoms with van der Waals surface area (Å²) in [5.74, 6) is 1.12. The van der Waals surface area contributed by atoms with Gasteiger partial charge in [-0.2, -0.15) is 0 Å². The number of tetrazole rings is 1. The van der Waals surface area contributed by atoms with E-state index in [9.17, 15) is 4.79 Å². The monoisotopic (exact) mass is 252 g/mol. The van der Waals surface area contributed by atoms with E-state index in [4.69, 9.17) is 5.73 Å². The molecule has 7 nitrogen and oxygen atoms in total. The van der Waals surface area contributed by atoms with Crippen molar-refractivity contribution in [3.8, 4) is 0 Å². The Morgan fingerprint density at radius 2 is 2.28 bits per heavy atom. The van der Waals surface area contributed by atoms with Gasteiger partial charge in [-0.1, -0.05) is 13.3 Å². The summed E-state index contributed by atoms with van der Waals surface area (Å²) in [6, 6.07) is 0.101. The molecule has 2 rings (SSSR count). The second-order valence-electron chi connectivity index (χ2n) is 4.90. The van der Waals surface area contributed by atoms with Gasteiger partial charge in [0, 0.05) is 19.1 Å². The number of likely N-dealkylation sites (tertiary alicyclic amines) is 1. The van der Waals surface area contributed by atoms with Crippen LogP contribution in [-0.4, -0.2) is 50.1 Å². The molecule has 1 saturated heterocycles. The molecule has 0 bridgehead atoms. The van der Waals surface area contributed by atoms with Crippen molar-refractivity contribution >= 4 is 5.91 Å². The van der Waals surface area contributed by atoms with Gasteiger partial charge in [-0.3, -0.25) is 4.79 Å². The maximum atomic E-state index is 12.1.